The smallest absolute Gasteiger partial charge is 0.254 e. The Morgan fingerprint density at radius 1 is 1.12 bits per heavy atom. The van der Waals surface area contributed by atoms with Gasteiger partial charge in [-0.15, -0.1) is 0 Å². The van der Waals surface area contributed by atoms with Gasteiger partial charge in [0.2, 0.25) is 0 Å². The molecular weight excluding hydrogens is 408 g/mol. The molecule has 9 heteroatoms. The second-order valence-electron chi connectivity index (χ2n) is 8.16. The van der Waals surface area contributed by atoms with Crippen LogP contribution in [0.5, 0.6) is 0 Å². The normalized spacial score (nSPS) is 16.4. The molecule has 4 rings (SSSR count). The van der Waals surface area contributed by atoms with E-state index >= 15 is 0 Å². The number of aromatic amines is 1. The molecule has 0 bridgehead atoms. The van der Waals surface area contributed by atoms with Gasteiger partial charge in [0.25, 0.3) is 11.8 Å². The van der Waals surface area contributed by atoms with E-state index in [1.54, 1.807) is 17.0 Å². The van der Waals surface area contributed by atoms with Gasteiger partial charge in [0.15, 0.2) is 6.10 Å². The molecule has 0 radical (unpaired) electrons. The third kappa shape index (κ3) is 4.47. The van der Waals surface area contributed by atoms with Crippen molar-refractivity contribution in [2.24, 2.45) is 0 Å². The van der Waals surface area contributed by atoms with Gasteiger partial charge in [-0.2, -0.15) is 5.10 Å². The first kappa shape index (κ1) is 21.9. The number of rotatable bonds is 5. The van der Waals surface area contributed by atoms with Gasteiger partial charge in [-0.05, 0) is 57.9 Å². The van der Waals surface area contributed by atoms with Crippen molar-refractivity contribution in [3.8, 4) is 0 Å². The van der Waals surface area contributed by atoms with Crippen LogP contribution in [-0.2, 0) is 16.0 Å². The van der Waals surface area contributed by atoms with E-state index in [1.165, 1.54) is 0 Å². The van der Waals surface area contributed by atoms with Crippen LogP contribution in [0.25, 0.3) is 11.0 Å². The van der Waals surface area contributed by atoms with Crippen LogP contribution in [0.4, 0.5) is 0 Å². The van der Waals surface area contributed by atoms with E-state index < -0.39 is 6.10 Å². The van der Waals surface area contributed by atoms with Gasteiger partial charge in [0.1, 0.15) is 0 Å². The third-order valence-corrected chi connectivity index (χ3v) is 5.92. The summed E-state index contributed by atoms with van der Waals surface area (Å²) in [4.78, 5) is 36.4. The number of nitrogens with zero attached hydrogens (tertiary/aromatic N) is 4. The predicted molar refractivity (Wildman–Crippen MR) is 119 cm³/mol. The maximum atomic E-state index is 13.1. The topological polar surface area (TPSA) is 113 Å². The molecule has 3 aromatic rings. The summed E-state index contributed by atoms with van der Waals surface area (Å²) >= 11 is 0. The summed E-state index contributed by atoms with van der Waals surface area (Å²) in [6.07, 6.45) is -0.00359. The van der Waals surface area contributed by atoms with Crippen LogP contribution in [0.15, 0.2) is 18.2 Å². The summed E-state index contributed by atoms with van der Waals surface area (Å²) in [6.45, 7) is 9.16. The number of carbonyl (C=O) groups is 2. The lowest BCUT2D eigenvalue weighted by atomic mass is 10.1. The highest BCUT2D eigenvalue weighted by Gasteiger charge is 2.29. The highest BCUT2D eigenvalue weighted by Crippen LogP contribution is 2.17. The van der Waals surface area contributed by atoms with Gasteiger partial charge in [-0.25, -0.2) is 9.97 Å². The maximum absolute atomic E-state index is 13.1. The summed E-state index contributed by atoms with van der Waals surface area (Å²) in [5.41, 5.74) is 6.74. The number of benzene rings is 1. The molecule has 3 heterocycles. The van der Waals surface area contributed by atoms with Crippen LogP contribution in [0.3, 0.4) is 0 Å². The first-order valence-corrected chi connectivity index (χ1v) is 10.8. The first-order valence-electron chi connectivity index (χ1n) is 10.8. The van der Waals surface area contributed by atoms with Crippen molar-refractivity contribution in [2.45, 2.75) is 40.2 Å². The molecule has 2 N–H and O–H groups in total. The van der Waals surface area contributed by atoms with Crippen LogP contribution >= 0.6 is 0 Å². The molecule has 32 heavy (non-hydrogen) atoms. The molecule has 1 atom stereocenters. The minimum Gasteiger partial charge on any atom is -0.365 e. The second-order valence-corrected chi connectivity index (χ2v) is 8.16. The fraction of sp³-hybridized carbons (Fsp3) is 0.435. The third-order valence-electron chi connectivity index (χ3n) is 5.92. The molecule has 168 valence electrons. The Labute approximate surface area is 186 Å². The van der Waals surface area contributed by atoms with Crippen molar-refractivity contribution in [3.05, 3.63) is 52.1 Å². The molecule has 2 amide bonds. The Morgan fingerprint density at radius 3 is 2.59 bits per heavy atom. The van der Waals surface area contributed by atoms with Gasteiger partial charge < -0.3 is 15.0 Å². The van der Waals surface area contributed by atoms with E-state index in [-0.39, 0.29) is 18.4 Å². The Hall–Kier alpha value is -3.33. The number of hydrogen-bond donors (Lipinski definition) is 2. The maximum Gasteiger partial charge on any atom is 0.254 e. The fourth-order valence-corrected chi connectivity index (χ4v) is 3.91. The summed E-state index contributed by atoms with van der Waals surface area (Å²) in [6, 6.07) is 5.33. The Bertz CT molecular complexity index is 1150. The first-order chi connectivity index (χ1) is 15.3. The van der Waals surface area contributed by atoms with Crippen LogP contribution in [0.1, 0.15) is 38.7 Å². The number of aromatic nitrogens is 4. The summed E-state index contributed by atoms with van der Waals surface area (Å²) < 4.78 is 5.64. The van der Waals surface area contributed by atoms with Crippen LogP contribution < -0.4 is 5.32 Å². The lowest BCUT2D eigenvalue weighted by molar-refractivity contribution is -0.137. The average Bonchev–Trinajstić information content (AvgIpc) is 3.11. The Morgan fingerprint density at radius 2 is 1.88 bits per heavy atom. The van der Waals surface area contributed by atoms with Crippen molar-refractivity contribution < 1.29 is 14.3 Å². The number of carbonyl (C=O) groups excluding carboxylic acids is 2. The van der Waals surface area contributed by atoms with Crippen molar-refractivity contribution in [2.75, 3.05) is 26.2 Å². The van der Waals surface area contributed by atoms with Crippen LogP contribution in [0, 0.1) is 27.7 Å². The number of fused-ring (bicyclic) bond motifs is 1. The quantitative estimate of drug-likeness (QED) is 0.630. The molecule has 0 saturated carbocycles. The monoisotopic (exact) mass is 436 g/mol. The van der Waals surface area contributed by atoms with E-state index in [4.69, 9.17) is 4.74 Å². The molecule has 1 unspecified atom stereocenters. The van der Waals surface area contributed by atoms with Crippen LogP contribution in [0.2, 0.25) is 0 Å². The van der Waals surface area contributed by atoms with Crippen molar-refractivity contribution in [1.29, 1.82) is 0 Å². The zero-order valence-electron chi connectivity index (χ0n) is 18.9. The largest absolute Gasteiger partial charge is 0.365 e. The molecule has 1 fully saturated rings. The molecule has 2 aromatic heterocycles. The van der Waals surface area contributed by atoms with Crippen LogP contribution in [-0.4, -0.2) is 69.2 Å². The zero-order valence-corrected chi connectivity index (χ0v) is 18.9. The fourth-order valence-electron chi connectivity index (χ4n) is 3.91. The number of nitrogens with one attached hydrogen (secondary N) is 2. The van der Waals surface area contributed by atoms with E-state index in [0.29, 0.717) is 37.2 Å². The standard InChI is InChI=1S/C23H28N6O3/c1-13-14(2)26-20-11-17(5-6-19(20)25-13)23(31)29-9-10-32-21(12-29)22(30)24-8-7-18-15(3)27-28-16(18)4/h5-6,11,21H,7-10,12H2,1-4H3,(H,24,30)(H,27,28). The number of H-pyrrole nitrogens is 1. The highest BCUT2D eigenvalue weighted by atomic mass is 16.5. The van der Waals surface area contributed by atoms with Gasteiger partial charge >= 0.3 is 0 Å². The number of aryl methyl sites for hydroxylation is 4. The average molecular weight is 437 g/mol. The molecule has 1 saturated heterocycles. The molecule has 9 nitrogen and oxygen atoms in total. The lowest BCUT2D eigenvalue weighted by Crippen LogP contribution is -2.51. The Kier molecular flexibility index (Phi) is 6.18. The number of hydrogen-bond acceptors (Lipinski definition) is 6. The molecule has 0 aliphatic carbocycles. The summed E-state index contributed by atoms with van der Waals surface area (Å²) in [7, 11) is 0. The summed E-state index contributed by atoms with van der Waals surface area (Å²) in [5.74, 6) is -0.352. The Balaban J connectivity index is 1.38. The molecular formula is C23H28N6O3. The minimum atomic E-state index is -0.690. The predicted octanol–water partition coefficient (Wildman–Crippen LogP) is 1.79. The van der Waals surface area contributed by atoms with E-state index in [2.05, 4.69) is 25.5 Å². The van der Waals surface area contributed by atoms with Crippen molar-refractivity contribution in [3.63, 3.8) is 0 Å². The van der Waals surface area contributed by atoms with E-state index in [9.17, 15) is 9.59 Å². The van der Waals surface area contributed by atoms with Crippen molar-refractivity contribution in [1.82, 2.24) is 30.4 Å². The summed E-state index contributed by atoms with van der Waals surface area (Å²) in [5, 5.41) is 10.0. The lowest BCUT2D eigenvalue weighted by Gasteiger charge is -2.32. The highest BCUT2D eigenvalue weighted by molar-refractivity contribution is 5.97. The van der Waals surface area contributed by atoms with Gasteiger partial charge in [0.05, 0.1) is 41.3 Å². The van der Waals surface area contributed by atoms with E-state index in [0.717, 1.165) is 33.9 Å². The second kappa shape index (κ2) is 9.04. The van der Waals surface area contributed by atoms with Gasteiger partial charge in [-0.3, -0.25) is 14.7 Å². The molecule has 1 aromatic carbocycles. The molecule has 0 spiro atoms. The number of ether oxygens (including phenoxy) is 1. The SMILES string of the molecule is Cc1nc2ccc(C(=O)N3CCOC(C(=O)NCCc4c(C)n[nH]c4C)C3)cc2nc1C. The zero-order chi connectivity index (χ0) is 22.8. The molecule has 1 aliphatic rings. The van der Waals surface area contributed by atoms with Gasteiger partial charge in [-0.1, -0.05) is 0 Å². The minimum absolute atomic E-state index is 0.141. The van der Waals surface area contributed by atoms with Crippen molar-refractivity contribution >= 4 is 22.8 Å². The number of amides is 2. The van der Waals surface area contributed by atoms with Gasteiger partial charge in [0, 0.05) is 24.3 Å². The number of morpholine rings is 1. The van der Waals surface area contributed by atoms with E-state index in [1.807, 2.05) is 33.8 Å². The molecule has 1 aliphatic heterocycles.